The van der Waals surface area contributed by atoms with Crippen LogP contribution in [0.15, 0.2) is 70.6 Å². The molecule has 28 heavy (non-hydrogen) atoms. The average Bonchev–Trinajstić information content (AvgIpc) is 3.17. The Balaban J connectivity index is 1.67. The Hall–Kier alpha value is -2.86. The molecule has 0 amide bonds. The van der Waals surface area contributed by atoms with Gasteiger partial charge in [0, 0.05) is 6.42 Å². The van der Waals surface area contributed by atoms with E-state index >= 15 is 0 Å². The number of aryl methyl sites for hydroxylation is 1. The van der Waals surface area contributed by atoms with Crippen molar-refractivity contribution in [3.05, 3.63) is 71.8 Å². The molecular weight excluding hydrogens is 372 g/mol. The lowest BCUT2D eigenvalue weighted by Crippen LogP contribution is -2.35. The van der Waals surface area contributed by atoms with E-state index in [2.05, 4.69) is 23.2 Å². The molecule has 0 atom stereocenters. The first-order valence-corrected chi connectivity index (χ1v) is 10.6. The smallest absolute Gasteiger partial charge is 0.265 e. The van der Waals surface area contributed by atoms with Crippen LogP contribution in [-0.2, 0) is 16.4 Å². The molecule has 0 aromatic heterocycles. The predicted molar refractivity (Wildman–Crippen MR) is 112 cm³/mol. The number of hydrogen-bond acceptors (Lipinski definition) is 4. The van der Waals surface area contributed by atoms with Gasteiger partial charge in [0.25, 0.3) is 10.0 Å². The highest BCUT2D eigenvalue weighted by atomic mass is 32.2. The molecule has 1 heterocycles. The standard InChI is InChI=1S/C22H22N2O3S/c1-16-14-19(10-11-21(16)27-2)28(25,26)24-13-12-23-22(24)15-18-8-5-7-17-6-3-4-9-20(17)18/h3-11,14H,12-13,15H2,1-2H3. The zero-order valence-electron chi connectivity index (χ0n) is 15.9. The number of nitrogens with zero attached hydrogens (tertiary/aromatic N) is 2. The third-order valence-electron chi connectivity index (χ3n) is 5.07. The summed E-state index contributed by atoms with van der Waals surface area (Å²) in [6.45, 7) is 2.69. The molecule has 0 unspecified atom stereocenters. The van der Waals surface area contributed by atoms with Crippen molar-refractivity contribution in [3.63, 3.8) is 0 Å². The van der Waals surface area contributed by atoms with Gasteiger partial charge in [0.2, 0.25) is 0 Å². The number of aliphatic imine (C=N–C) groups is 1. The lowest BCUT2D eigenvalue weighted by atomic mass is 10.0. The maximum atomic E-state index is 13.3. The first-order chi connectivity index (χ1) is 13.5. The number of rotatable bonds is 5. The van der Waals surface area contributed by atoms with E-state index in [0.29, 0.717) is 31.1 Å². The van der Waals surface area contributed by atoms with Crippen LogP contribution in [0.25, 0.3) is 10.8 Å². The highest BCUT2D eigenvalue weighted by Gasteiger charge is 2.31. The van der Waals surface area contributed by atoms with Crippen molar-refractivity contribution in [1.29, 1.82) is 0 Å². The Morgan fingerprint density at radius 2 is 1.86 bits per heavy atom. The molecule has 0 saturated carbocycles. The van der Waals surface area contributed by atoms with Gasteiger partial charge in [-0.3, -0.25) is 9.30 Å². The normalized spacial score (nSPS) is 14.4. The summed E-state index contributed by atoms with van der Waals surface area (Å²) in [6.07, 6.45) is 0.482. The number of sulfonamides is 1. The Kier molecular flexibility index (Phi) is 4.81. The number of benzene rings is 3. The van der Waals surface area contributed by atoms with Crippen LogP contribution in [0.2, 0.25) is 0 Å². The van der Waals surface area contributed by atoms with Gasteiger partial charge in [0.15, 0.2) is 0 Å². The first-order valence-electron chi connectivity index (χ1n) is 9.18. The molecule has 144 valence electrons. The van der Waals surface area contributed by atoms with Crippen LogP contribution in [0, 0.1) is 6.92 Å². The van der Waals surface area contributed by atoms with Gasteiger partial charge in [-0.2, -0.15) is 0 Å². The summed E-state index contributed by atoms with van der Waals surface area (Å²) >= 11 is 0. The van der Waals surface area contributed by atoms with Crippen molar-refractivity contribution in [2.24, 2.45) is 4.99 Å². The molecule has 0 N–H and O–H groups in total. The summed E-state index contributed by atoms with van der Waals surface area (Å²) in [4.78, 5) is 4.77. The van der Waals surface area contributed by atoms with Crippen molar-refractivity contribution in [2.45, 2.75) is 18.2 Å². The van der Waals surface area contributed by atoms with Crippen molar-refractivity contribution in [1.82, 2.24) is 4.31 Å². The SMILES string of the molecule is COc1ccc(S(=O)(=O)N2CCN=C2Cc2cccc3ccccc23)cc1C. The minimum atomic E-state index is -3.66. The van der Waals surface area contributed by atoms with Crippen molar-refractivity contribution >= 4 is 26.6 Å². The van der Waals surface area contributed by atoms with Gasteiger partial charge in [-0.15, -0.1) is 0 Å². The summed E-state index contributed by atoms with van der Waals surface area (Å²) in [5.74, 6) is 1.26. The van der Waals surface area contributed by atoms with Crippen LogP contribution in [0.1, 0.15) is 11.1 Å². The lowest BCUT2D eigenvalue weighted by Gasteiger charge is -2.21. The Labute approximate surface area is 165 Å². The van der Waals surface area contributed by atoms with Crippen LogP contribution in [0.5, 0.6) is 5.75 Å². The van der Waals surface area contributed by atoms with Gasteiger partial charge in [-0.25, -0.2) is 8.42 Å². The van der Waals surface area contributed by atoms with Crippen LogP contribution in [0.3, 0.4) is 0 Å². The first kappa shape index (κ1) is 18.5. The molecule has 4 rings (SSSR count). The minimum absolute atomic E-state index is 0.262. The van der Waals surface area contributed by atoms with Gasteiger partial charge in [0.1, 0.15) is 11.6 Å². The van der Waals surface area contributed by atoms with Crippen molar-refractivity contribution in [3.8, 4) is 5.75 Å². The zero-order valence-corrected chi connectivity index (χ0v) is 16.7. The molecule has 0 spiro atoms. The lowest BCUT2D eigenvalue weighted by molar-refractivity contribution is 0.411. The second-order valence-electron chi connectivity index (χ2n) is 6.82. The minimum Gasteiger partial charge on any atom is -0.496 e. The average molecular weight is 394 g/mol. The van der Waals surface area contributed by atoms with E-state index in [1.807, 2.05) is 31.2 Å². The Morgan fingerprint density at radius 1 is 1.07 bits per heavy atom. The van der Waals surface area contributed by atoms with E-state index in [9.17, 15) is 8.42 Å². The highest BCUT2D eigenvalue weighted by Crippen LogP contribution is 2.27. The summed E-state index contributed by atoms with van der Waals surface area (Å²) in [5, 5.41) is 2.26. The Morgan fingerprint density at radius 3 is 2.64 bits per heavy atom. The summed E-state index contributed by atoms with van der Waals surface area (Å²) in [6, 6.07) is 19.2. The summed E-state index contributed by atoms with van der Waals surface area (Å²) < 4.78 is 33.2. The number of methoxy groups -OCH3 is 1. The van der Waals surface area contributed by atoms with Crippen LogP contribution in [0.4, 0.5) is 0 Å². The topological polar surface area (TPSA) is 59.0 Å². The van der Waals surface area contributed by atoms with Gasteiger partial charge in [-0.1, -0.05) is 42.5 Å². The molecule has 5 nitrogen and oxygen atoms in total. The number of amidine groups is 1. The van der Waals surface area contributed by atoms with Crippen molar-refractivity contribution in [2.75, 3.05) is 20.2 Å². The maximum Gasteiger partial charge on any atom is 0.265 e. The van der Waals surface area contributed by atoms with E-state index in [0.717, 1.165) is 21.9 Å². The molecule has 3 aromatic carbocycles. The van der Waals surface area contributed by atoms with E-state index in [1.54, 1.807) is 25.3 Å². The van der Waals surface area contributed by atoms with E-state index < -0.39 is 10.0 Å². The van der Waals surface area contributed by atoms with Gasteiger partial charge in [-0.05, 0) is 47.0 Å². The molecule has 0 aliphatic carbocycles. The molecular formula is C22H22N2O3S. The summed E-state index contributed by atoms with van der Waals surface area (Å²) in [5.41, 5.74) is 1.86. The molecule has 0 radical (unpaired) electrons. The second kappa shape index (κ2) is 7.28. The number of ether oxygens (including phenoxy) is 1. The molecule has 1 aliphatic heterocycles. The van der Waals surface area contributed by atoms with Crippen LogP contribution < -0.4 is 4.74 Å². The number of fused-ring (bicyclic) bond motifs is 1. The number of hydrogen-bond donors (Lipinski definition) is 0. The molecule has 0 bridgehead atoms. The highest BCUT2D eigenvalue weighted by molar-refractivity contribution is 7.89. The molecule has 6 heteroatoms. The molecule has 3 aromatic rings. The second-order valence-corrected chi connectivity index (χ2v) is 8.68. The molecule has 0 fully saturated rings. The van der Waals surface area contributed by atoms with Gasteiger partial charge >= 0.3 is 0 Å². The molecule has 1 aliphatic rings. The van der Waals surface area contributed by atoms with E-state index in [-0.39, 0.29) is 4.90 Å². The largest absolute Gasteiger partial charge is 0.496 e. The third kappa shape index (κ3) is 3.24. The zero-order chi connectivity index (χ0) is 19.7. The maximum absolute atomic E-state index is 13.3. The molecule has 0 saturated heterocycles. The predicted octanol–water partition coefficient (Wildman–Crippen LogP) is 3.80. The van der Waals surface area contributed by atoms with Crippen LogP contribution >= 0.6 is 0 Å². The third-order valence-corrected chi connectivity index (χ3v) is 6.89. The van der Waals surface area contributed by atoms with Gasteiger partial charge in [0.05, 0.1) is 25.1 Å². The monoisotopic (exact) mass is 394 g/mol. The van der Waals surface area contributed by atoms with E-state index in [4.69, 9.17) is 4.74 Å². The van der Waals surface area contributed by atoms with Gasteiger partial charge < -0.3 is 4.74 Å². The van der Waals surface area contributed by atoms with E-state index in [1.165, 1.54) is 4.31 Å². The van der Waals surface area contributed by atoms with Crippen molar-refractivity contribution < 1.29 is 13.2 Å². The van der Waals surface area contributed by atoms with Crippen LogP contribution in [-0.4, -0.2) is 38.8 Å². The Bertz CT molecular complexity index is 1160. The fraction of sp³-hybridized carbons (Fsp3) is 0.227. The fourth-order valence-corrected chi connectivity index (χ4v) is 5.18. The summed E-state index contributed by atoms with van der Waals surface area (Å²) in [7, 11) is -2.09. The quantitative estimate of drug-likeness (QED) is 0.661. The fourth-order valence-electron chi connectivity index (χ4n) is 3.64.